The maximum absolute atomic E-state index is 5.48. The lowest BCUT2D eigenvalue weighted by Crippen LogP contribution is -2.65. The number of piperazine rings is 1. The van der Waals surface area contributed by atoms with Crippen molar-refractivity contribution < 1.29 is 4.74 Å². The Morgan fingerprint density at radius 3 is 2.72 bits per heavy atom. The summed E-state index contributed by atoms with van der Waals surface area (Å²) in [7, 11) is 1.82. The number of methoxy groups -OCH3 is 1. The lowest BCUT2D eigenvalue weighted by molar-refractivity contribution is -0.0111. The molecule has 0 spiro atoms. The Kier molecular flexibility index (Phi) is 4.68. The summed E-state index contributed by atoms with van der Waals surface area (Å²) in [5, 5.41) is 3.77. The molecule has 0 aromatic rings. The van der Waals surface area contributed by atoms with Gasteiger partial charge in [0.1, 0.15) is 0 Å². The molecule has 1 N–H and O–H groups in total. The van der Waals surface area contributed by atoms with E-state index >= 15 is 0 Å². The van der Waals surface area contributed by atoms with Crippen molar-refractivity contribution in [2.45, 2.75) is 64.1 Å². The average Bonchev–Trinajstić information content (AvgIpc) is 3.18. The zero-order valence-corrected chi connectivity index (χ0v) is 12.5. The van der Waals surface area contributed by atoms with Crippen molar-refractivity contribution in [2.24, 2.45) is 5.92 Å². The van der Waals surface area contributed by atoms with Gasteiger partial charge >= 0.3 is 0 Å². The minimum absolute atomic E-state index is 0.337. The number of hydrogen-bond acceptors (Lipinski definition) is 3. The highest BCUT2D eigenvalue weighted by Gasteiger charge is 2.48. The fourth-order valence-corrected chi connectivity index (χ4v) is 3.32. The zero-order valence-electron chi connectivity index (χ0n) is 12.5. The number of rotatable bonds is 6. The van der Waals surface area contributed by atoms with E-state index in [1.807, 2.05) is 7.11 Å². The quantitative estimate of drug-likeness (QED) is 0.787. The Morgan fingerprint density at radius 2 is 2.17 bits per heavy atom. The van der Waals surface area contributed by atoms with E-state index in [1.165, 1.54) is 32.2 Å². The van der Waals surface area contributed by atoms with Crippen LogP contribution in [0.3, 0.4) is 0 Å². The number of nitrogens with one attached hydrogen (secondary N) is 1. The molecule has 0 radical (unpaired) electrons. The van der Waals surface area contributed by atoms with Crippen LogP contribution in [0.4, 0.5) is 0 Å². The first-order valence-corrected chi connectivity index (χ1v) is 7.61. The van der Waals surface area contributed by atoms with E-state index in [-0.39, 0.29) is 0 Å². The van der Waals surface area contributed by atoms with Crippen molar-refractivity contribution in [2.75, 3.05) is 26.7 Å². The highest BCUT2D eigenvalue weighted by molar-refractivity contribution is 5.05. The van der Waals surface area contributed by atoms with Crippen molar-refractivity contribution in [3.63, 3.8) is 0 Å². The summed E-state index contributed by atoms with van der Waals surface area (Å²) in [5.74, 6) is 0.900. The molecule has 1 saturated carbocycles. The summed E-state index contributed by atoms with van der Waals surface area (Å²) in [6, 6.07) is 0.672. The molecule has 1 heterocycles. The molecule has 2 fully saturated rings. The summed E-state index contributed by atoms with van der Waals surface area (Å²) in [5.41, 5.74) is 0.358. The van der Waals surface area contributed by atoms with E-state index in [4.69, 9.17) is 4.74 Å². The molecule has 3 atom stereocenters. The van der Waals surface area contributed by atoms with Gasteiger partial charge in [-0.3, -0.25) is 4.90 Å². The van der Waals surface area contributed by atoms with Crippen LogP contribution in [0.5, 0.6) is 0 Å². The molecule has 0 amide bonds. The smallest absolute Gasteiger partial charge is 0.0670 e. The van der Waals surface area contributed by atoms with Gasteiger partial charge in [0.25, 0.3) is 0 Å². The lowest BCUT2D eigenvalue weighted by Gasteiger charge is -2.49. The van der Waals surface area contributed by atoms with Gasteiger partial charge in [-0.05, 0) is 39.0 Å². The summed E-state index contributed by atoms with van der Waals surface area (Å²) < 4.78 is 5.48. The zero-order chi connectivity index (χ0) is 13.2. The molecule has 3 heteroatoms. The van der Waals surface area contributed by atoms with Crippen molar-refractivity contribution in [3.8, 4) is 0 Å². The molecule has 18 heavy (non-hydrogen) atoms. The number of hydrogen-bond donors (Lipinski definition) is 1. The molecule has 0 aromatic heterocycles. The Bertz CT molecular complexity index is 267. The molecule has 3 nitrogen and oxygen atoms in total. The van der Waals surface area contributed by atoms with Gasteiger partial charge in [-0.1, -0.05) is 13.3 Å². The Balaban J connectivity index is 2.00. The van der Waals surface area contributed by atoms with Crippen LogP contribution in [-0.2, 0) is 4.74 Å². The Labute approximate surface area is 112 Å². The molecule has 2 aliphatic rings. The van der Waals surface area contributed by atoms with Crippen molar-refractivity contribution in [1.82, 2.24) is 10.2 Å². The van der Waals surface area contributed by atoms with Crippen LogP contribution in [0.25, 0.3) is 0 Å². The normalized spacial score (nSPS) is 35.7. The summed E-state index contributed by atoms with van der Waals surface area (Å²) in [6.45, 7) is 10.3. The minimum atomic E-state index is 0.337. The van der Waals surface area contributed by atoms with Crippen LogP contribution in [0, 0.1) is 5.92 Å². The van der Waals surface area contributed by atoms with E-state index in [1.54, 1.807) is 0 Å². The van der Waals surface area contributed by atoms with Crippen LogP contribution in [-0.4, -0.2) is 49.3 Å². The van der Waals surface area contributed by atoms with E-state index in [2.05, 4.69) is 31.0 Å². The molecule has 3 unspecified atom stereocenters. The highest BCUT2D eigenvalue weighted by Crippen LogP contribution is 2.44. The van der Waals surface area contributed by atoms with Gasteiger partial charge in [-0.2, -0.15) is 0 Å². The molecule has 1 aliphatic heterocycles. The predicted molar refractivity (Wildman–Crippen MR) is 75.9 cm³/mol. The maximum atomic E-state index is 5.48. The highest BCUT2D eigenvalue weighted by atomic mass is 16.5. The molecule has 2 rings (SSSR count). The van der Waals surface area contributed by atoms with Crippen molar-refractivity contribution in [1.29, 1.82) is 0 Å². The molecule has 0 bridgehead atoms. The molecular formula is C15H30N2O. The summed E-state index contributed by atoms with van der Waals surface area (Å²) in [4.78, 5) is 2.70. The van der Waals surface area contributed by atoms with E-state index in [9.17, 15) is 0 Å². The molecule has 106 valence electrons. The Morgan fingerprint density at radius 1 is 1.44 bits per heavy atom. The first-order valence-electron chi connectivity index (χ1n) is 7.61. The van der Waals surface area contributed by atoms with Gasteiger partial charge in [-0.15, -0.1) is 0 Å². The van der Waals surface area contributed by atoms with Crippen LogP contribution >= 0.6 is 0 Å². The number of ether oxygens (including phenoxy) is 1. The second-order valence-electron chi connectivity index (χ2n) is 6.45. The van der Waals surface area contributed by atoms with Crippen LogP contribution < -0.4 is 5.32 Å². The van der Waals surface area contributed by atoms with Gasteiger partial charge in [0.2, 0.25) is 0 Å². The predicted octanol–water partition coefficient (Wildman–Crippen LogP) is 2.26. The molecule has 1 saturated heterocycles. The van der Waals surface area contributed by atoms with Crippen LogP contribution in [0.15, 0.2) is 0 Å². The van der Waals surface area contributed by atoms with E-state index < -0.39 is 0 Å². The van der Waals surface area contributed by atoms with E-state index in [0.717, 1.165) is 19.0 Å². The first-order chi connectivity index (χ1) is 8.60. The standard InChI is InChI=1S/C15H30N2O/c1-5-6-14-10-17(9-12(2)18-4)15(3,11-16-14)13-7-8-13/h12-14,16H,5-11H2,1-4H3. The van der Waals surface area contributed by atoms with Crippen LogP contribution in [0.1, 0.15) is 46.5 Å². The van der Waals surface area contributed by atoms with Gasteiger partial charge in [0.05, 0.1) is 6.10 Å². The Hall–Kier alpha value is -0.120. The maximum Gasteiger partial charge on any atom is 0.0670 e. The molecule has 1 aliphatic carbocycles. The monoisotopic (exact) mass is 254 g/mol. The number of nitrogens with zero attached hydrogens (tertiary/aromatic N) is 1. The summed E-state index contributed by atoms with van der Waals surface area (Å²) in [6.07, 6.45) is 5.72. The molecular weight excluding hydrogens is 224 g/mol. The van der Waals surface area contributed by atoms with Gasteiger partial charge in [0, 0.05) is 38.3 Å². The SMILES string of the molecule is CCCC1CN(CC(C)OC)C(C)(C2CC2)CN1. The van der Waals surface area contributed by atoms with E-state index in [0.29, 0.717) is 17.7 Å². The molecule has 0 aromatic carbocycles. The van der Waals surface area contributed by atoms with Gasteiger partial charge < -0.3 is 10.1 Å². The largest absolute Gasteiger partial charge is 0.380 e. The van der Waals surface area contributed by atoms with Gasteiger partial charge in [-0.25, -0.2) is 0 Å². The van der Waals surface area contributed by atoms with Crippen LogP contribution in [0.2, 0.25) is 0 Å². The lowest BCUT2D eigenvalue weighted by atomic mass is 9.88. The third-order valence-electron chi connectivity index (χ3n) is 4.89. The second-order valence-corrected chi connectivity index (χ2v) is 6.45. The first kappa shape index (κ1) is 14.3. The fourth-order valence-electron chi connectivity index (χ4n) is 3.32. The van der Waals surface area contributed by atoms with Gasteiger partial charge in [0.15, 0.2) is 0 Å². The minimum Gasteiger partial charge on any atom is -0.380 e. The second kappa shape index (κ2) is 5.89. The average molecular weight is 254 g/mol. The third-order valence-corrected chi connectivity index (χ3v) is 4.89. The topological polar surface area (TPSA) is 24.5 Å². The van der Waals surface area contributed by atoms with Crippen molar-refractivity contribution >= 4 is 0 Å². The van der Waals surface area contributed by atoms with Crippen molar-refractivity contribution in [3.05, 3.63) is 0 Å². The fraction of sp³-hybridized carbons (Fsp3) is 1.00. The third kappa shape index (κ3) is 3.06. The summed E-state index contributed by atoms with van der Waals surface area (Å²) >= 11 is 0.